The van der Waals surface area contributed by atoms with Gasteiger partial charge in [0.05, 0.1) is 12.2 Å². The van der Waals surface area contributed by atoms with Crippen molar-refractivity contribution in [3.8, 4) is 0 Å². The molecule has 0 saturated carbocycles. The van der Waals surface area contributed by atoms with E-state index in [1.54, 1.807) is 0 Å². The maximum Gasteiger partial charge on any atom is 0.0842 e. The Morgan fingerprint density at radius 2 is 1.57 bits per heavy atom. The van der Waals surface area contributed by atoms with E-state index in [1.165, 1.54) is 38.5 Å². The molecule has 1 saturated heterocycles. The van der Waals surface area contributed by atoms with Crippen LogP contribution in [0.25, 0.3) is 0 Å². The van der Waals surface area contributed by atoms with Crippen molar-refractivity contribution in [2.24, 2.45) is 0 Å². The zero-order valence-electron chi connectivity index (χ0n) is 9.37. The van der Waals surface area contributed by atoms with E-state index < -0.39 is 0 Å². The lowest BCUT2D eigenvalue weighted by Gasteiger charge is -1.97. The largest absolute Gasteiger partial charge is 0.396 e. The Morgan fingerprint density at radius 1 is 0.929 bits per heavy atom. The summed E-state index contributed by atoms with van der Waals surface area (Å²) in [6.45, 7) is 2.55. The molecule has 2 heteroatoms. The molecule has 2 atom stereocenters. The third-order valence-corrected chi connectivity index (χ3v) is 2.93. The summed E-state index contributed by atoms with van der Waals surface area (Å²) >= 11 is 0. The maximum atomic E-state index is 8.65. The fourth-order valence-electron chi connectivity index (χ4n) is 1.93. The summed E-state index contributed by atoms with van der Waals surface area (Å²) in [6.07, 6.45) is 11.0. The second-order valence-corrected chi connectivity index (χ2v) is 4.28. The number of hydrogen-bond donors (Lipinski definition) is 1. The highest BCUT2D eigenvalue weighted by Gasteiger charge is 2.36. The number of rotatable bonds is 9. The normalized spacial score (nSPS) is 25.3. The molecule has 0 bridgehead atoms. The van der Waals surface area contributed by atoms with Gasteiger partial charge >= 0.3 is 0 Å². The lowest BCUT2D eigenvalue weighted by atomic mass is 10.1. The minimum absolute atomic E-state index is 0.309. The molecule has 0 aromatic heterocycles. The molecule has 1 aliphatic rings. The Morgan fingerprint density at radius 3 is 2.21 bits per heavy atom. The van der Waals surface area contributed by atoms with Crippen LogP contribution in [-0.2, 0) is 4.74 Å². The van der Waals surface area contributed by atoms with Gasteiger partial charge in [-0.2, -0.15) is 0 Å². The predicted molar refractivity (Wildman–Crippen MR) is 58.4 cm³/mol. The molecule has 2 unspecified atom stereocenters. The fraction of sp³-hybridized carbons (Fsp3) is 1.00. The molecule has 14 heavy (non-hydrogen) atoms. The van der Waals surface area contributed by atoms with Crippen LogP contribution >= 0.6 is 0 Å². The van der Waals surface area contributed by atoms with Gasteiger partial charge in [0.25, 0.3) is 0 Å². The number of hydrogen-bond acceptors (Lipinski definition) is 2. The number of epoxide rings is 1. The quantitative estimate of drug-likeness (QED) is 0.458. The third kappa shape index (κ3) is 4.97. The summed E-state index contributed by atoms with van der Waals surface area (Å²) in [4.78, 5) is 0. The summed E-state index contributed by atoms with van der Waals surface area (Å²) in [5.41, 5.74) is 0. The first kappa shape index (κ1) is 12.0. The Kier molecular flexibility index (Phi) is 6.20. The van der Waals surface area contributed by atoms with Gasteiger partial charge in [-0.25, -0.2) is 0 Å². The Labute approximate surface area is 87.7 Å². The lowest BCUT2D eigenvalue weighted by Crippen LogP contribution is -1.96. The van der Waals surface area contributed by atoms with E-state index in [2.05, 4.69) is 6.92 Å². The molecule has 1 aliphatic heterocycles. The average molecular weight is 200 g/mol. The number of aliphatic hydroxyl groups excluding tert-OH is 1. The first-order valence-corrected chi connectivity index (χ1v) is 6.14. The van der Waals surface area contributed by atoms with Crippen LogP contribution in [0.3, 0.4) is 0 Å². The summed E-state index contributed by atoms with van der Waals surface area (Å²) in [6, 6.07) is 0. The van der Waals surface area contributed by atoms with Crippen LogP contribution in [0.2, 0.25) is 0 Å². The number of unbranched alkanes of at least 4 members (excludes halogenated alkanes) is 4. The smallest absolute Gasteiger partial charge is 0.0842 e. The topological polar surface area (TPSA) is 32.8 Å². The zero-order valence-corrected chi connectivity index (χ0v) is 9.37. The molecule has 84 valence electrons. The molecule has 1 fully saturated rings. The van der Waals surface area contributed by atoms with Crippen LogP contribution in [0.15, 0.2) is 0 Å². The molecule has 0 radical (unpaired) electrons. The van der Waals surface area contributed by atoms with Crippen LogP contribution in [0.1, 0.15) is 58.3 Å². The van der Waals surface area contributed by atoms with Gasteiger partial charge in [-0.1, -0.05) is 39.0 Å². The van der Waals surface area contributed by atoms with E-state index in [-0.39, 0.29) is 0 Å². The molecule has 0 spiro atoms. The molecular formula is C12H24O2. The van der Waals surface area contributed by atoms with Crippen LogP contribution in [0, 0.1) is 0 Å². The van der Waals surface area contributed by atoms with Crippen molar-refractivity contribution in [2.75, 3.05) is 6.61 Å². The first-order valence-electron chi connectivity index (χ1n) is 6.14. The Bertz CT molecular complexity index is 136. The van der Waals surface area contributed by atoms with E-state index in [0.29, 0.717) is 18.8 Å². The molecular weight excluding hydrogens is 176 g/mol. The number of ether oxygens (including phenoxy) is 1. The van der Waals surface area contributed by atoms with Crippen molar-refractivity contribution in [1.82, 2.24) is 0 Å². The summed E-state index contributed by atoms with van der Waals surface area (Å²) in [5.74, 6) is 0. The summed E-state index contributed by atoms with van der Waals surface area (Å²) in [7, 11) is 0. The predicted octanol–water partition coefficient (Wildman–Crippen LogP) is 2.89. The molecule has 1 heterocycles. The van der Waals surface area contributed by atoms with Gasteiger partial charge in [0.1, 0.15) is 0 Å². The maximum absolute atomic E-state index is 8.65. The third-order valence-electron chi connectivity index (χ3n) is 2.93. The highest BCUT2D eigenvalue weighted by molar-refractivity contribution is 4.84. The van der Waals surface area contributed by atoms with E-state index in [9.17, 15) is 0 Å². The van der Waals surface area contributed by atoms with Crippen molar-refractivity contribution < 1.29 is 9.84 Å². The molecule has 0 amide bonds. The minimum atomic E-state index is 0.309. The Hall–Kier alpha value is -0.0800. The van der Waals surface area contributed by atoms with Crippen LogP contribution in [0.5, 0.6) is 0 Å². The Balaban J connectivity index is 1.80. The number of aliphatic hydroxyl groups is 1. The fourth-order valence-corrected chi connectivity index (χ4v) is 1.93. The molecule has 1 N–H and O–H groups in total. The highest BCUT2D eigenvalue weighted by atomic mass is 16.6. The minimum Gasteiger partial charge on any atom is -0.396 e. The molecule has 0 aromatic carbocycles. The van der Waals surface area contributed by atoms with Crippen LogP contribution in [-0.4, -0.2) is 23.9 Å². The summed E-state index contributed by atoms with van der Waals surface area (Å²) < 4.78 is 5.51. The lowest BCUT2D eigenvalue weighted by molar-refractivity contribution is 0.272. The second-order valence-electron chi connectivity index (χ2n) is 4.28. The van der Waals surface area contributed by atoms with E-state index in [0.717, 1.165) is 12.8 Å². The van der Waals surface area contributed by atoms with Crippen LogP contribution in [0.4, 0.5) is 0 Å². The van der Waals surface area contributed by atoms with Gasteiger partial charge in [-0.05, 0) is 19.3 Å². The molecule has 0 aliphatic carbocycles. The van der Waals surface area contributed by atoms with E-state index in [4.69, 9.17) is 9.84 Å². The standard InChI is InChI=1S/C12H24O2/c1-2-3-4-5-6-8-11-12(14-11)9-7-10-13/h11-13H,2-10H2,1H3. The van der Waals surface area contributed by atoms with Crippen molar-refractivity contribution >= 4 is 0 Å². The molecule has 2 nitrogen and oxygen atoms in total. The van der Waals surface area contributed by atoms with E-state index >= 15 is 0 Å². The second kappa shape index (κ2) is 7.24. The van der Waals surface area contributed by atoms with Gasteiger partial charge in [0.15, 0.2) is 0 Å². The first-order chi connectivity index (χ1) is 6.88. The van der Waals surface area contributed by atoms with Gasteiger partial charge < -0.3 is 9.84 Å². The molecule has 1 rings (SSSR count). The van der Waals surface area contributed by atoms with Crippen molar-refractivity contribution in [3.05, 3.63) is 0 Å². The van der Waals surface area contributed by atoms with Crippen molar-refractivity contribution in [3.63, 3.8) is 0 Å². The summed E-state index contributed by atoms with van der Waals surface area (Å²) in [5, 5.41) is 8.65. The SMILES string of the molecule is CCCCCCCC1OC1CCCO. The van der Waals surface area contributed by atoms with Gasteiger partial charge in [-0.15, -0.1) is 0 Å². The van der Waals surface area contributed by atoms with Gasteiger partial charge in [0.2, 0.25) is 0 Å². The average Bonchev–Trinajstić information content (AvgIpc) is 2.93. The zero-order chi connectivity index (χ0) is 10.2. The highest BCUT2D eigenvalue weighted by Crippen LogP contribution is 2.30. The van der Waals surface area contributed by atoms with Crippen molar-refractivity contribution in [2.45, 2.75) is 70.5 Å². The van der Waals surface area contributed by atoms with E-state index in [1.807, 2.05) is 0 Å². The monoisotopic (exact) mass is 200 g/mol. The van der Waals surface area contributed by atoms with Gasteiger partial charge in [0, 0.05) is 6.61 Å². The molecule has 0 aromatic rings. The van der Waals surface area contributed by atoms with Crippen LogP contribution < -0.4 is 0 Å². The van der Waals surface area contributed by atoms with Crippen molar-refractivity contribution in [1.29, 1.82) is 0 Å². The van der Waals surface area contributed by atoms with Gasteiger partial charge in [-0.3, -0.25) is 0 Å².